The highest BCUT2D eigenvalue weighted by Crippen LogP contribution is 2.22. The van der Waals surface area contributed by atoms with Crippen LogP contribution in [0.15, 0.2) is 53.4 Å². The third-order valence-corrected chi connectivity index (χ3v) is 5.43. The number of hydrogen-bond acceptors (Lipinski definition) is 2. The first-order valence-electron chi connectivity index (χ1n) is 6.74. The largest absolute Gasteiger partial charge is 0.224 e. The topological polar surface area (TPSA) is 34.1 Å². The Morgan fingerprint density at radius 3 is 1.80 bits per heavy atom. The van der Waals surface area contributed by atoms with Gasteiger partial charge in [0.15, 0.2) is 9.84 Å². The number of hydrogen-bond donors (Lipinski definition) is 0. The minimum absolute atomic E-state index is 0.0121. The maximum atomic E-state index is 12.4. The van der Waals surface area contributed by atoms with Crippen molar-refractivity contribution >= 4 is 9.84 Å². The monoisotopic (exact) mass is 288 g/mol. The first kappa shape index (κ1) is 14.8. The number of benzene rings is 2. The maximum Gasteiger partial charge on any atom is 0.178 e. The van der Waals surface area contributed by atoms with E-state index in [-0.39, 0.29) is 11.7 Å². The van der Waals surface area contributed by atoms with Gasteiger partial charge in [-0.2, -0.15) is 0 Å². The molecule has 3 heteroatoms. The van der Waals surface area contributed by atoms with Crippen molar-refractivity contribution in [3.05, 3.63) is 65.2 Å². The highest BCUT2D eigenvalue weighted by atomic mass is 32.2. The molecule has 0 radical (unpaired) electrons. The van der Waals surface area contributed by atoms with E-state index in [0.29, 0.717) is 4.90 Å². The summed E-state index contributed by atoms with van der Waals surface area (Å²) in [6.45, 7) is 5.93. The maximum absolute atomic E-state index is 12.4. The summed E-state index contributed by atoms with van der Waals surface area (Å²) in [5, 5.41) is 0. The van der Waals surface area contributed by atoms with Crippen LogP contribution in [-0.4, -0.2) is 14.2 Å². The Morgan fingerprint density at radius 1 is 0.850 bits per heavy atom. The summed E-state index contributed by atoms with van der Waals surface area (Å²) < 4.78 is 24.8. The van der Waals surface area contributed by atoms with Gasteiger partial charge in [-0.15, -0.1) is 0 Å². The molecule has 2 rings (SSSR count). The molecule has 0 bridgehead atoms. The van der Waals surface area contributed by atoms with Crippen LogP contribution in [0, 0.1) is 13.8 Å². The summed E-state index contributed by atoms with van der Waals surface area (Å²) in [5.41, 5.74) is 3.31. The molecular weight excluding hydrogens is 268 g/mol. The summed E-state index contributed by atoms with van der Waals surface area (Å²) in [4.78, 5) is 0.405. The number of sulfone groups is 1. The van der Waals surface area contributed by atoms with Gasteiger partial charge in [0, 0.05) is 0 Å². The Hall–Kier alpha value is -1.61. The lowest BCUT2D eigenvalue weighted by Crippen LogP contribution is -2.13. The van der Waals surface area contributed by atoms with Gasteiger partial charge in [-0.1, -0.05) is 54.4 Å². The molecule has 0 aliphatic rings. The van der Waals surface area contributed by atoms with E-state index < -0.39 is 9.84 Å². The first-order chi connectivity index (χ1) is 9.38. The molecule has 0 heterocycles. The van der Waals surface area contributed by atoms with Crippen LogP contribution in [0.4, 0.5) is 0 Å². The lowest BCUT2D eigenvalue weighted by molar-refractivity contribution is 0.590. The van der Waals surface area contributed by atoms with Crippen molar-refractivity contribution in [3.8, 4) is 0 Å². The highest BCUT2D eigenvalue weighted by molar-refractivity contribution is 7.91. The highest BCUT2D eigenvalue weighted by Gasteiger charge is 2.19. The minimum atomic E-state index is -3.23. The normalized spacial score (nSPS) is 13.2. The van der Waals surface area contributed by atoms with E-state index in [1.807, 2.05) is 57.2 Å². The second-order valence-corrected chi connectivity index (χ2v) is 7.44. The average molecular weight is 288 g/mol. The van der Waals surface area contributed by atoms with Gasteiger partial charge in [-0.05, 0) is 37.5 Å². The molecule has 0 amide bonds. The molecule has 0 saturated carbocycles. The molecular formula is C17H20O2S. The van der Waals surface area contributed by atoms with Crippen LogP contribution in [0.5, 0.6) is 0 Å². The molecule has 0 saturated heterocycles. The number of aryl methyl sites for hydroxylation is 2. The molecule has 1 atom stereocenters. The van der Waals surface area contributed by atoms with Crippen molar-refractivity contribution in [2.75, 3.05) is 5.75 Å². The molecule has 0 aliphatic carbocycles. The summed E-state index contributed by atoms with van der Waals surface area (Å²) in [5.74, 6) is 0.126. The van der Waals surface area contributed by atoms with Crippen molar-refractivity contribution < 1.29 is 8.42 Å². The molecule has 0 aromatic heterocycles. The van der Waals surface area contributed by atoms with Crippen LogP contribution in [0.25, 0.3) is 0 Å². The Kier molecular flexibility index (Phi) is 4.29. The van der Waals surface area contributed by atoms with E-state index in [9.17, 15) is 8.42 Å². The molecule has 2 aromatic carbocycles. The molecule has 0 aliphatic heterocycles. The van der Waals surface area contributed by atoms with Crippen LogP contribution in [0.2, 0.25) is 0 Å². The molecule has 1 unspecified atom stereocenters. The zero-order valence-corrected chi connectivity index (χ0v) is 12.9. The Morgan fingerprint density at radius 2 is 1.30 bits per heavy atom. The predicted molar refractivity (Wildman–Crippen MR) is 82.8 cm³/mol. The van der Waals surface area contributed by atoms with Crippen LogP contribution in [0.1, 0.15) is 29.5 Å². The average Bonchev–Trinajstić information content (AvgIpc) is 2.39. The van der Waals surface area contributed by atoms with Crippen LogP contribution in [-0.2, 0) is 9.84 Å². The molecule has 20 heavy (non-hydrogen) atoms. The van der Waals surface area contributed by atoms with E-state index in [0.717, 1.165) is 11.1 Å². The summed E-state index contributed by atoms with van der Waals surface area (Å²) in [6.07, 6.45) is 0. The van der Waals surface area contributed by atoms with E-state index in [4.69, 9.17) is 0 Å². The molecule has 2 nitrogen and oxygen atoms in total. The van der Waals surface area contributed by atoms with Crippen molar-refractivity contribution in [1.82, 2.24) is 0 Å². The Bertz CT molecular complexity index is 668. The fraction of sp³-hybridized carbons (Fsp3) is 0.294. The van der Waals surface area contributed by atoms with E-state index >= 15 is 0 Å². The van der Waals surface area contributed by atoms with E-state index in [2.05, 4.69) is 0 Å². The van der Waals surface area contributed by atoms with Crippen molar-refractivity contribution in [1.29, 1.82) is 0 Å². The van der Waals surface area contributed by atoms with Gasteiger partial charge in [-0.3, -0.25) is 0 Å². The molecule has 0 N–H and O–H groups in total. The SMILES string of the molecule is Cc1ccc(C(C)CS(=O)(=O)c2ccc(C)cc2)cc1. The lowest BCUT2D eigenvalue weighted by Gasteiger charge is -2.13. The third-order valence-electron chi connectivity index (χ3n) is 3.50. The molecule has 0 spiro atoms. The zero-order chi connectivity index (χ0) is 14.8. The minimum Gasteiger partial charge on any atom is -0.224 e. The van der Waals surface area contributed by atoms with Crippen molar-refractivity contribution in [2.45, 2.75) is 31.6 Å². The van der Waals surface area contributed by atoms with Gasteiger partial charge in [-0.25, -0.2) is 8.42 Å². The standard InChI is InChI=1S/C17H20O2S/c1-13-4-8-16(9-5-13)15(3)12-20(18,19)17-10-6-14(2)7-11-17/h4-11,15H,12H2,1-3H3. The number of rotatable bonds is 4. The lowest BCUT2D eigenvalue weighted by atomic mass is 10.0. The smallest absolute Gasteiger partial charge is 0.178 e. The molecule has 0 fully saturated rings. The van der Waals surface area contributed by atoms with Gasteiger partial charge in [0.05, 0.1) is 10.6 Å². The predicted octanol–water partition coefficient (Wildman–Crippen LogP) is 3.88. The molecule has 2 aromatic rings. The van der Waals surface area contributed by atoms with Gasteiger partial charge in [0.2, 0.25) is 0 Å². The van der Waals surface area contributed by atoms with Gasteiger partial charge in [0.1, 0.15) is 0 Å². The van der Waals surface area contributed by atoms with Gasteiger partial charge >= 0.3 is 0 Å². The van der Waals surface area contributed by atoms with E-state index in [1.54, 1.807) is 12.1 Å². The Balaban J connectivity index is 2.19. The fourth-order valence-electron chi connectivity index (χ4n) is 2.16. The summed E-state index contributed by atoms with van der Waals surface area (Å²) >= 11 is 0. The van der Waals surface area contributed by atoms with Crippen LogP contribution in [0.3, 0.4) is 0 Å². The Labute approximate surface area is 121 Å². The third kappa shape index (κ3) is 3.48. The second-order valence-electron chi connectivity index (χ2n) is 5.41. The first-order valence-corrected chi connectivity index (χ1v) is 8.40. The quantitative estimate of drug-likeness (QED) is 0.855. The van der Waals surface area contributed by atoms with E-state index in [1.165, 1.54) is 5.56 Å². The van der Waals surface area contributed by atoms with Crippen molar-refractivity contribution in [3.63, 3.8) is 0 Å². The van der Waals surface area contributed by atoms with Gasteiger partial charge < -0.3 is 0 Å². The fourth-order valence-corrected chi connectivity index (χ4v) is 3.76. The van der Waals surface area contributed by atoms with Crippen molar-refractivity contribution in [2.24, 2.45) is 0 Å². The zero-order valence-electron chi connectivity index (χ0n) is 12.1. The van der Waals surface area contributed by atoms with Crippen LogP contribution < -0.4 is 0 Å². The summed E-state index contributed by atoms with van der Waals surface area (Å²) in [6, 6.07) is 15.1. The van der Waals surface area contributed by atoms with Gasteiger partial charge in [0.25, 0.3) is 0 Å². The second kappa shape index (κ2) is 5.80. The summed E-state index contributed by atoms with van der Waals surface area (Å²) in [7, 11) is -3.23. The molecule has 106 valence electrons. The van der Waals surface area contributed by atoms with Crippen LogP contribution >= 0.6 is 0 Å².